The van der Waals surface area contributed by atoms with Crippen molar-refractivity contribution < 1.29 is 29.3 Å². The van der Waals surface area contributed by atoms with Crippen LogP contribution in [0.1, 0.15) is 27.4 Å². The van der Waals surface area contributed by atoms with Crippen molar-refractivity contribution in [2.45, 2.75) is 5.92 Å². The molecule has 9 heteroatoms. The SMILES string of the molecule is O=C(Nc1n[nH]c(OCCO)c1C(=O)O)OCC1c2ccccc2-c2ccccc21. The quantitative estimate of drug-likeness (QED) is 0.471. The van der Waals surface area contributed by atoms with Gasteiger partial charge in [-0.25, -0.2) is 14.7 Å². The number of anilines is 1. The number of carbonyl (C=O) groups is 2. The van der Waals surface area contributed by atoms with E-state index in [1.807, 2.05) is 48.5 Å². The number of fused-ring (bicyclic) bond motifs is 3. The second-order valence-electron chi connectivity index (χ2n) is 6.60. The summed E-state index contributed by atoms with van der Waals surface area (Å²) in [6.07, 6.45) is -0.834. The number of rotatable bonds is 7. The molecule has 4 N–H and O–H groups in total. The molecule has 154 valence electrons. The summed E-state index contributed by atoms with van der Waals surface area (Å²) in [5, 5.41) is 26.7. The van der Waals surface area contributed by atoms with Crippen molar-refractivity contribution in [1.29, 1.82) is 0 Å². The minimum absolute atomic E-state index is 0.0839. The van der Waals surface area contributed by atoms with E-state index < -0.39 is 12.1 Å². The Morgan fingerprint density at radius 1 is 1.07 bits per heavy atom. The van der Waals surface area contributed by atoms with E-state index in [0.717, 1.165) is 22.3 Å². The molecular weight excluding hydrogens is 390 g/mol. The molecule has 0 fully saturated rings. The first kappa shape index (κ1) is 19.5. The number of nitrogens with zero attached hydrogens (tertiary/aromatic N) is 1. The number of aliphatic hydroxyl groups excluding tert-OH is 1. The number of aliphatic hydroxyl groups is 1. The molecular formula is C21H19N3O6. The summed E-state index contributed by atoms with van der Waals surface area (Å²) < 4.78 is 10.5. The third-order valence-corrected chi connectivity index (χ3v) is 4.85. The fourth-order valence-corrected chi connectivity index (χ4v) is 3.60. The molecule has 30 heavy (non-hydrogen) atoms. The van der Waals surface area contributed by atoms with Crippen LogP contribution in [0.25, 0.3) is 11.1 Å². The number of amides is 1. The highest BCUT2D eigenvalue weighted by Crippen LogP contribution is 2.44. The summed E-state index contributed by atoms with van der Waals surface area (Å²) in [4.78, 5) is 23.8. The van der Waals surface area contributed by atoms with Gasteiger partial charge in [-0.15, -0.1) is 0 Å². The van der Waals surface area contributed by atoms with Gasteiger partial charge in [-0.3, -0.25) is 5.32 Å². The van der Waals surface area contributed by atoms with Crippen LogP contribution < -0.4 is 10.1 Å². The van der Waals surface area contributed by atoms with Gasteiger partial charge in [0.05, 0.1) is 6.61 Å². The third kappa shape index (κ3) is 3.58. The molecule has 0 radical (unpaired) electrons. The lowest BCUT2D eigenvalue weighted by Gasteiger charge is -2.14. The number of carbonyl (C=O) groups excluding carboxylic acids is 1. The maximum atomic E-state index is 12.3. The molecule has 3 aromatic rings. The standard InChI is InChI=1S/C21H19N3O6/c25-9-10-29-19-17(20(26)27)18(23-24-19)22-21(28)30-11-16-14-7-3-1-5-12(14)13-6-2-4-8-15(13)16/h1-8,16,25H,9-11H2,(H,26,27)(H2,22,23,24,28). The number of hydrogen-bond acceptors (Lipinski definition) is 6. The van der Waals surface area contributed by atoms with E-state index in [4.69, 9.17) is 14.6 Å². The van der Waals surface area contributed by atoms with E-state index in [0.29, 0.717) is 0 Å². The van der Waals surface area contributed by atoms with Crippen LogP contribution >= 0.6 is 0 Å². The van der Waals surface area contributed by atoms with E-state index in [1.165, 1.54) is 0 Å². The van der Waals surface area contributed by atoms with Crippen molar-refractivity contribution in [2.75, 3.05) is 25.1 Å². The van der Waals surface area contributed by atoms with Crippen molar-refractivity contribution in [2.24, 2.45) is 0 Å². The van der Waals surface area contributed by atoms with E-state index in [9.17, 15) is 14.7 Å². The van der Waals surface area contributed by atoms with Crippen LogP contribution in [0.3, 0.4) is 0 Å². The maximum absolute atomic E-state index is 12.3. The third-order valence-electron chi connectivity index (χ3n) is 4.85. The zero-order chi connectivity index (χ0) is 21.1. The van der Waals surface area contributed by atoms with Gasteiger partial charge in [-0.2, -0.15) is 5.10 Å². The second-order valence-corrected chi connectivity index (χ2v) is 6.60. The second kappa shape index (κ2) is 8.26. The average molecular weight is 409 g/mol. The molecule has 0 saturated carbocycles. The van der Waals surface area contributed by atoms with Crippen LogP contribution in [0.4, 0.5) is 10.6 Å². The maximum Gasteiger partial charge on any atom is 0.412 e. The number of aromatic amines is 1. The predicted octanol–water partition coefficient (Wildman–Crippen LogP) is 2.84. The smallest absolute Gasteiger partial charge is 0.412 e. The summed E-state index contributed by atoms with van der Waals surface area (Å²) in [5.41, 5.74) is 3.99. The minimum atomic E-state index is -1.34. The molecule has 0 spiro atoms. The predicted molar refractivity (Wildman–Crippen MR) is 107 cm³/mol. The lowest BCUT2D eigenvalue weighted by Crippen LogP contribution is -2.19. The number of carboxylic acids is 1. The number of H-pyrrole nitrogens is 1. The fourth-order valence-electron chi connectivity index (χ4n) is 3.60. The molecule has 1 aliphatic rings. The van der Waals surface area contributed by atoms with Gasteiger partial charge in [0.1, 0.15) is 13.2 Å². The Balaban J connectivity index is 1.48. The van der Waals surface area contributed by atoms with Gasteiger partial charge in [0.25, 0.3) is 0 Å². The van der Waals surface area contributed by atoms with Crippen molar-refractivity contribution >= 4 is 17.9 Å². The number of ether oxygens (including phenoxy) is 2. The zero-order valence-electron chi connectivity index (χ0n) is 15.8. The molecule has 9 nitrogen and oxygen atoms in total. The molecule has 0 bridgehead atoms. The topological polar surface area (TPSA) is 134 Å². The van der Waals surface area contributed by atoms with E-state index in [1.54, 1.807) is 0 Å². The van der Waals surface area contributed by atoms with E-state index in [2.05, 4.69) is 15.5 Å². The van der Waals surface area contributed by atoms with Crippen LogP contribution in [-0.4, -0.2) is 52.3 Å². The van der Waals surface area contributed by atoms with Crippen LogP contribution in [0.2, 0.25) is 0 Å². The lowest BCUT2D eigenvalue weighted by molar-refractivity contribution is 0.0692. The van der Waals surface area contributed by atoms with Gasteiger partial charge in [-0.05, 0) is 22.3 Å². The normalized spacial score (nSPS) is 12.2. The lowest BCUT2D eigenvalue weighted by atomic mass is 9.98. The number of hydrogen-bond donors (Lipinski definition) is 4. The van der Waals surface area contributed by atoms with Gasteiger partial charge in [-0.1, -0.05) is 48.5 Å². The number of nitrogens with one attached hydrogen (secondary N) is 2. The molecule has 1 amide bonds. The Bertz CT molecular complexity index is 1050. The first-order valence-electron chi connectivity index (χ1n) is 9.27. The number of aromatic carboxylic acids is 1. The molecule has 2 aromatic carbocycles. The van der Waals surface area contributed by atoms with Crippen LogP contribution in [-0.2, 0) is 4.74 Å². The molecule has 1 aromatic heterocycles. The molecule has 1 aliphatic carbocycles. The van der Waals surface area contributed by atoms with Crippen molar-refractivity contribution in [3.63, 3.8) is 0 Å². The first-order chi connectivity index (χ1) is 14.6. The van der Waals surface area contributed by atoms with Gasteiger partial charge < -0.3 is 19.7 Å². The van der Waals surface area contributed by atoms with Gasteiger partial charge in [0.2, 0.25) is 5.88 Å². The van der Waals surface area contributed by atoms with Crippen LogP contribution in [0.15, 0.2) is 48.5 Å². The largest absolute Gasteiger partial charge is 0.477 e. The van der Waals surface area contributed by atoms with E-state index in [-0.39, 0.29) is 43.0 Å². The van der Waals surface area contributed by atoms with Gasteiger partial charge in [0, 0.05) is 5.92 Å². The highest BCUT2D eigenvalue weighted by molar-refractivity contribution is 5.99. The number of aromatic nitrogens is 2. The Hall–Kier alpha value is -3.85. The minimum Gasteiger partial charge on any atom is -0.477 e. The highest BCUT2D eigenvalue weighted by atomic mass is 16.5. The van der Waals surface area contributed by atoms with Crippen LogP contribution in [0, 0.1) is 0 Å². The van der Waals surface area contributed by atoms with Gasteiger partial charge >= 0.3 is 12.1 Å². The molecule has 0 atom stereocenters. The summed E-state index contributed by atoms with van der Waals surface area (Å²) in [6.45, 7) is -0.333. The average Bonchev–Trinajstić information content (AvgIpc) is 3.29. The summed E-state index contributed by atoms with van der Waals surface area (Å²) in [7, 11) is 0. The zero-order valence-corrected chi connectivity index (χ0v) is 15.8. The Morgan fingerprint density at radius 2 is 1.70 bits per heavy atom. The number of benzene rings is 2. The van der Waals surface area contributed by atoms with Gasteiger partial charge in [0.15, 0.2) is 11.4 Å². The van der Waals surface area contributed by atoms with Crippen LogP contribution in [0.5, 0.6) is 5.88 Å². The Morgan fingerprint density at radius 3 is 2.30 bits per heavy atom. The van der Waals surface area contributed by atoms with Crippen molar-refractivity contribution in [1.82, 2.24) is 10.2 Å². The number of carboxylic acid groups (broad SMARTS) is 1. The Kier molecular flexibility index (Phi) is 5.36. The fraction of sp³-hybridized carbons (Fsp3) is 0.190. The summed E-state index contributed by atoms with van der Waals surface area (Å²) in [6, 6.07) is 15.9. The van der Waals surface area contributed by atoms with E-state index >= 15 is 0 Å². The van der Waals surface area contributed by atoms with Crippen molar-refractivity contribution in [3.05, 3.63) is 65.2 Å². The summed E-state index contributed by atoms with van der Waals surface area (Å²) >= 11 is 0. The molecule has 0 saturated heterocycles. The molecule has 1 heterocycles. The first-order valence-corrected chi connectivity index (χ1v) is 9.27. The molecule has 0 aliphatic heterocycles. The molecule has 4 rings (SSSR count). The monoisotopic (exact) mass is 409 g/mol. The Labute approximate surface area is 171 Å². The highest BCUT2D eigenvalue weighted by Gasteiger charge is 2.29. The summed E-state index contributed by atoms with van der Waals surface area (Å²) in [5.74, 6) is -1.85. The van der Waals surface area contributed by atoms with Crippen molar-refractivity contribution in [3.8, 4) is 17.0 Å². The molecule has 0 unspecified atom stereocenters.